The Morgan fingerprint density at radius 1 is 1.43 bits per heavy atom. The van der Waals surface area contributed by atoms with Crippen LogP contribution in [0.3, 0.4) is 0 Å². The Kier molecular flexibility index (Phi) is 6.29. The van der Waals surface area contributed by atoms with Crippen LogP contribution in [0.2, 0.25) is 5.02 Å². The van der Waals surface area contributed by atoms with Crippen LogP contribution in [0.5, 0.6) is 0 Å². The van der Waals surface area contributed by atoms with E-state index in [0.29, 0.717) is 31.4 Å². The van der Waals surface area contributed by atoms with Crippen molar-refractivity contribution in [3.05, 3.63) is 38.9 Å². The van der Waals surface area contributed by atoms with Gasteiger partial charge in [0.15, 0.2) is 5.96 Å². The molecule has 2 aromatic rings. The number of aromatic nitrogens is 2. The van der Waals surface area contributed by atoms with Gasteiger partial charge in [0.2, 0.25) is 0 Å². The van der Waals surface area contributed by atoms with Crippen LogP contribution < -0.4 is 15.5 Å². The molecule has 3 rings (SSSR count). The molecule has 1 atom stereocenters. The summed E-state index contributed by atoms with van der Waals surface area (Å²) in [4.78, 5) is 15.4. The number of rotatable bonds is 4. The lowest BCUT2D eigenvalue weighted by Gasteiger charge is -2.21. The number of anilines is 1. The number of guanidine groups is 1. The number of hydrogen-bond acceptors (Lipinski definition) is 5. The van der Waals surface area contributed by atoms with E-state index in [9.17, 15) is 13.2 Å². The lowest BCUT2D eigenvalue weighted by molar-refractivity contribution is -0.137. The van der Waals surface area contributed by atoms with Gasteiger partial charge in [-0.25, -0.2) is 9.97 Å². The third-order valence-electron chi connectivity index (χ3n) is 4.46. The number of pyridine rings is 1. The first-order valence-corrected chi connectivity index (χ1v) is 9.87. The first-order chi connectivity index (χ1) is 13.3. The lowest BCUT2D eigenvalue weighted by atomic mass is 10.2. The molecule has 11 heteroatoms. The van der Waals surface area contributed by atoms with E-state index in [2.05, 4.69) is 25.6 Å². The molecule has 0 bridgehead atoms. The third-order valence-corrected chi connectivity index (χ3v) is 5.68. The number of nitrogens with one attached hydrogen (secondary N) is 2. The van der Waals surface area contributed by atoms with Gasteiger partial charge < -0.3 is 15.5 Å². The minimum atomic E-state index is -4.46. The number of alkyl halides is 3. The highest BCUT2D eigenvalue weighted by molar-refractivity contribution is 7.09. The first-order valence-electron chi connectivity index (χ1n) is 8.61. The molecule has 3 heterocycles. The fourth-order valence-corrected chi connectivity index (χ4v) is 3.94. The van der Waals surface area contributed by atoms with E-state index < -0.39 is 11.7 Å². The van der Waals surface area contributed by atoms with Crippen LogP contribution in [0.15, 0.2) is 22.8 Å². The SMILES string of the molecule is CN=C(NCc1scnc1C)NC1CCN(c2ncc(C(F)(F)F)cc2Cl)C1. The fourth-order valence-electron chi connectivity index (χ4n) is 2.94. The Morgan fingerprint density at radius 3 is 2.82 bits per heavy atom. The summed E-state index contributed by atoms with van der Waals surface area (Å²) >= 11 is 7.63. The van der Waals surface area contributed by atoms with E-state index >= 15 is 0 Å². The number of nitrogens with zero attached hydrogens (tertiary/aromatic N) is 4. The molecule has 152 valence electrons. The van der Waals surface area contributed by atoms with E-state index in [0.717, 1.165) is 29.3 Å². The van der Waals surface area contributed by atoms with Crippen LogP contribution in [0.4, 0.5) is 19.0 Å². The highest BCUT2D eigenvalue weighted by Gasteiger charge is 2.33. The summed E-state index contributed by atoms with van der Waals surface area (Å²) in [5, 5.41) is 6.59. The Balaban J connectivity index is 1.58. The normalized spacial score (nSPS) is 17.9. The summed E-state index contributed by atoms with van der Waals surface area (Å²) in [6.07, 6.45) is -2.85. The molecule has 0 aliphatic carbocycles. The van der Waals surface area contributed by atoms with Crippen molar-refractivity contribution in [1.29, 1.82) is 0 Å². The fraction of sp³-hybridized carbons (Fsp3) is 0.471. The summed E-state index contributed by atoms with van der Waals surface area (Å²) in [6.45, 7) is 3.79. The zero-order valence-electron chi connectivity index (χ0n) is 15.3. The summed E-state index contributed by atoms with van der Waals surface area (Å²) in [7, 11) is 1.69. The van der Waals surface area contributed by atoms with Gasteiger partial charge in [-0.05, 0) is 19.4 Å². The zero-order valence-corrected chi connectivity index (χ0v) is 16.9. The predicted molar refractivity (Wildman–Crippen MR) is 105 cm³/mol. The van der Waals surface area contributed by atoms with E-state index in [-0.39, 0.29) is 11.1 Å². The van der Waals surface area contributed by atoms with Gasteiger partial charge in [-0.2, -0.15) is 13.2 Å². The number of hydrogen-bond donors (Lipinski definition) is 2. The van der Waals surface area contributed by atoms with Gasteiger partial charge >= 0.3 is 6.18 Å². The van der Waals surface area contributed by atoms with Crippen LogP contribution in [0.1, 0.15) is 22.6 Å². The van der Waals surface area contributed by atoms with Gasteiger partial charge in [0, 0.05) is 37.3 Å². The summed E-state index contributed by atoms with van der Waals surface area (Å²) in [5.41, 5.74) is 1.94. The molecule has 2 N–H and O–H groups in total. The van der Waals surface area contributed by atoms with E-state index in [4.69, 9.17) is 11.6 Å². The second kappa shape index (κ2) is 8.52. The van der Waals surface area contributed by atoms with Gasteiger partial charge in [-0.1, -0.05) is 11.6 Å². The van der Waals surface area contributed by atoms with Crippen LogP contribution in [0, 0.1) is 6.92 Å². The van der Waals surface area contributed by atoms with E-state index in [1.54, 1.807) is 23.9 Å². The van der Waals surface area contributed by atoms with Crippen LogP contribution >= 0.6 is 22.9 Å². The highest BCUT2D eigenvalue weighted by Crippen LogP contribution is 2.34. The topological polar surface area (TPSA) is 65.4 Å². The Bertz CT molecular complexity index is 854. The van der Waals surface area contributed by atoms with Crippen molar-refractivity contribution >= 4 is 34.7 Å². The highest BCUT2D eigenvalue weighted by atomic mass is 35.5. The molecule has 2 aromatic heterocycles. The number of aryl methyl sites for hydroxylation is 1. The number of thiazole rings is 1. The smallest absolute Gasteiger partial charge is 0.353 e. The van der Waals surface area contributed by atoms with Crippen molar-refractivity contribution in [3.8, 4) is 0 Å². The van der Waals surface area contributed by atoms with Crippen LogP contribution in [-0.4, -0.2) is 42.1 Å². The molecule has 1 aliphatic rings. The maximum absolute atomic E-state index is 12.8. The van der Waals surface area contributed by atoms with Crippen molar-refractivity contribution in [1.82, 2.24) is 20.6 Å². The van der Waals surface area contributed by atoms with Crippen molar-refractivity contribution in [2.75, 3.05) is 25.0 Å². The molecule has 6 nitrogen and oxygen atoms in total. The summed E-state index contributed by atoms with van der Waals surface area (Å²) in [6, 6.07) is 0.997. The average molecular weight is 433 g/mol. The molecule has 1 unspecified atom stereocenters. The maximum Gasteiger partial charge on any atom is 0.417 e. The van der Waals surface area contributed by atoms with Crippen molar-refractivity contribution in [3.63, 3.8) is 0 Å². The average Bonchev–Trinajstić information content (AvgIpc) is 3.26. The minimum absolute atomic E-state index is 0.00125. The second-order valence-electron chi connectivity index (χ2n) is 6.39. The predicted octanol–water partition coefficient (Wildman–Crippen LogP) is 3.46. The molecule has 1 aliphatic heterocycles. The maximum atomic E-state index is 12.8. The molecule has 0 radical (unpaired) electrons. The van der Waals surface area contributed by atoms with Gasteiger partial charge in [0.1, 0.15) is 5.82 Å². The van der Waals surface area contributed by atoms with E-state index in [1.165, 1.54) is 0 Å². The molecular weight excluding hydrogens is 413 g/mol. The van der Waals surface area contributed by atoms with Crippen molar-refractivity contribution < 1.29 is 13.2 Å². The van der Waals surface area contributed by atoms with Crippen LogP contribution in [-0.2, 0) is 12.7 Å². The Morgan fingerprint density at radius 2 is 2.21 bits per heavy atom. The van der Waals surface area contributed by atoms with Gasteiger partial charge in [0.05, 0.1) is 28.3 Å². The quantitative estimate of drug-likeness (QED) is 0.572. The second-order valence-corrected chi connectivity index (χ2v) is 7.74. The van der Waals surface area contributed by atoms with Gasteiger partial charge in [-0.15, -0.1) is 11.3 Å². The zero-order chi connectivity index (χ0) is 20.3. The molecule has 28 heavy (non-hydrogen) atoms. The number of halogens is 4. The van der Waals surface area contributed by atoms with Crippen molar-refractivity contribution in [2.45, 2.75) is 32.1 Å². The molecule has 0 amide bonds. The lowest BCUT2D eigenvalue weighted by Crippen LogP contribution is -2.44. The first kappa shape index (κ1) is 20.7. The van der Waals surface area contributed by atoms with Gasteiger partial charge in [0.25, 0.3) is 0 Å². The molecule has 0 saturated carbocycles. The Hall–Kier alpha value is -2.07. The van der Waals surface area contributed by atoms with Gasteiger partial charge in [-0.3, -0.25) is 4.99 Å². The monoisotopic (exact) mass is 432 g/mol. The minimum Gasteiger partial charge on any atom is -0.353 e. The summed E-state index contributed by atoms with van der Waals surface area (Å²) in [5.74, 6) is 1.02. The standard InChI is InChI=1S/C17H20ClF3N6S/c1-10-14(28-9-25-10)7-24-16(22-2)26-12-3-4-27(8-12)15-13(18)5-11(6-23-15)17(19,20)21/h5-6,9,12H,3-4,7-8H2,1-2H3,(H2,22,24,26). The molecule has 1 saturated heterocycles. The largest absolute Gasteiger partial charge is 0.417 e. The number of aliphatic imine (C=N–C) groups is 1. The molecule has 0 spiro atoms. The summed E-state index contributed by atoms with van der Waals surface area (Å²) < 4.78 is 38.3. The molecular formula is C17H20ClF3N6S. The van der Waals surface area contributed by atoms with Crippen LogP contribution in [0.25, 0.3) is 0 Å². The third kappa shape index (κ3) is 4.85. The Labute approximate surface area is 169 Å². The molecule has 1 fully saturated rings. The molecule has 0 aromatic carbocycles. The van der Waals surface area contributed by atoms with E-state index in [1.807, 2.05) is 11.8 Å². The van der Waals surface area contributed by atoms with Crippen molar-refractivity contribution in [2.24, 2.45) is 4.99 Å².